The minimum absolute atomic E-state index is 0.179. The van der Waals surface area contributed by atoms with E-state index in [1.807, 2.05) is 0 Å². The second-order valence-corrected chi connectivity index (χ2v) is 4.81. The van der Waals surface area contributed by atoms with Crippen LogP contribution in [0.5, 0.6) is 0 Å². The number of nitrogens with one attached hydrogen (secondary N) is 1. The van der Waals surface area contributed by atoms with Gasteiger partial charge < -0.3 is 10.4 Å². The van der Waals surface area contributed by atoms with Crippen molar-refractivity contribution in [2.24, 2.45) is 0 Å². The van der Waals surface area contributed by atoms with Gasteiger partial charge in [0.05, 0.1) is 11.1 Å². The number of rotatable bonds is 4. The lowest BCUT2D eigenvalue weighted by molar-refractivity contribution is 0.0692. The van der Waals surface area contributed by atoms with Crippen LogP contribution in [0.15, 0.2) is 41.6 Å². The van der Waals surface area contributed by atoms with Crippen molar-refractivity contribution in [3.05, 3.63) is 53.5 Å². The quantitative estimate of drug-likeness (QED) is 0.849. The van der Waals surface area contributed by atoms with Gasteiger partial charge in [0.15, 0.2) is 0 Å². The van der Waals surface area contributed by atoms with Crippen LogP contribution in [-0.2, 0) is 0 Å². The molecule has 0 bridgehead atoms. The number of benzene rings is 1. The molecule has 0 saturated carbocycles. The van der Waals surface area contributed by atoms with Crippen molar-refractivity contribution in [1.82, 2.24) is 4.98 Å². The molecule has 1 heterocycles. The second-order valence-electron chi connectivity index (χ2n) is 4.01. The predicted octanol–water partition coefficient (Wildman–Crippen LogP) is 2.89. The molecule has 0 unspecified atom stereocenters. The van der Waals surface area contributed by atoms with Crippen LogP contribution in [0.1, 0.15) is 20.7 Å². The summed E-state index contributed by atoms with van der Waals surface area (Å²) in [6, 6.07) is 6.64. The molecular formula is C14H11FN2O3S. The van der Waals surface area contributed by atoms with E-state index in [9.17, 15) is 14.0 Å². The lowest BCUT2D eigenvalue weighted by atomic mass is 10.2. The number of thioether (sulfide) groups is 1. The summed E-state index contributed by atoms with van der Waals surface area (Å²) in [7, 11) is 0. The van der Waals surface area contributed by atoms with Gasteiger partial charge in [-0.3, -0.25) is 4.79 Å². The van der Waals surface area contributed by atoms with Gasteiger partial charge in [-0.2, -0.15) is 0 Å². The number of aromatic nitrogens is 1. The Balaban J connectivity index is 2.24. The second kappa shape index (κ2) is 6.36. The SMILES string of the molecule is CSc1ncccc1C(=O)Nc1ccc(C(=O)O)c(F)c1. The summed E-state index contributed by atoms with van der Waals surface area (Å²) in [6.07, 6.45) is 3.37. The van der Waals surface area contributed by atoms with Crippen LogP contribution in [0.25, 0.3) is 0 Å². The third-order valence-electron chi connectivity index (χ3n) is 2.67. The van der Waals surface area contributed by atoms with Crippen molar-refractivity contribution in [3.8, 4) is 0 Å². The summed E-state index contributed by atoms with van der Waals surface area (Å²) in [4.78, 5) is 26.9. The molecule has 5 nitrogen and oxygen atoms in total. The van der Waals surface area contributed by atoms with Crippen LogP contribution in [0, 0.1) is 5.82 Å². The average Bonchev–Trinajstić information content (AvgIpc) is 2.46. The van der Waals surface area contributed by atoms with E-state index in [2.05, 4.69) is 10.3 Å². The standard InChI is InChI=1S/C14H11FN2O3S/c1-21-13-10(3-2-6-16-13)12(18)17-8-4-5-9(14(19)20)11(15)7-8/h2-7H,1H3,(H,17,18)(H,19,20). The molecule has 0 spiro atoms. The monoisotopic (exact) mass is 306 g/mol. The normalized spacial score (nSPS) is 10.2. The summed E-state index contributed by atoms with van der Waals surface area (Å²) >= 11 is 1.32. The molecule has 0 atom stereocenters. The van der Waals surface area contributed by atoms with E-state index in [0.29, 0.717) is 10.6 Å². The lowest BCUT2D eigenvalue weighted by Gasteiger charge is -2.08. The predicted molar refractivity (Wildman–Crippen MR) is 77.3 cm³/mol. The fourth-order valence-corrected chi connectivity index (χ4v) is 2.24. The van der Waals surface area contributed by atoms with E-state index in [0.717, 1.165) is 12.1 Å². The number of carbonyl (C=O) groups is 2. The van der Waals surface area contributed by atoms with E-state index in [1.165, 1.54) is 17.8 Å². The van der Waals surface area contributed by atoms with Gasteiger partial charge in [-0.05, 0) is 36.6 Å². The van der Waals surface area contributed by atoms with Gasteiger partial charge in [-0.15, -0.1) is 11.8 Å². The fourth-order valence-electron chi connectivity index (χ4n) is 1.69. The molecule has 21 heavy (non-hydrogen) atoms. The van der Waals surface area contributed by atoms with Gasteiger partial charge in [0.1, 0.15) is 10.8 Å². The number of carbonyl (C=O) groups excluding carboxylic acids is 1. The molecule has 1 amide bonds. The molecule has 2 N–H and O–H groups in total. The maximum atomic E-state index is 13.6. The Kier molecular flexibility index (Phi) is 4.54. The fraction of sp³-hybridized carbons (Fsp3) is 0.0714. The van der Waals surface area contributed by atoms with Crippen molar-refractivity contribution < 1.29 is 19.1 Å². The van der Waals surface area contributed by atoms with Crippen molar-refractivity contribution in [3.63, 3.8) is 0 Å². The maximum absolute atomic E-state index is 13.6. The number of carboxylic acids is 1. The zero-order chi connectivity index (χ0) is 15.4. The third kappa shape index (κ3) is 3.38. The Morgan fingerprint density at radius 3 is 2.67 bits per heavy atom. The Labute approximate surface area is 124 Å². The molecule has 7 heteroatoms. The van der Waals surface area contributed by atoms with Crippen LogP contribution in [-0.4, -0.2) is 28.2 Å². The van der Waals surface area contributed by atoms with Crippen LogP contribution >= 0.6 is 11.8 Å². The molecule has 2 aromatic rings. The summed E-state index contributed by atoms with van der Waals surface area (Å²) in [5, 5.41) is 11.8. The summed E-state index contributed by atoms with van der Waals surface area (Å²) in [5.74, 6) is -2.70. The van der Waals surface area contributed by atoms with Crippen LogP contribution in [0.2, 0.25) is 0 Å². The number of carboxylic acid groups (broad SMARTS) is 1. The Morgan fingerprint density at radius 2 is 2.05 bits per heavy atom. The average molecular weight is 306 g/mol. The summed E-state index contributed by atoms with van der Waals surface area (Å²) in [5.41, 5.74) is 0.102. The molecule has 0 aliphatic rings. The molecule has 2 rings (SSSR count). The van der Waals surface area contributed by atoms with Gasteiger partial charge in [0, 0.05) is 11.9 Å². The minimum atomic E-state index is -1.36. The van der Waals surface area contributed by atoms with E-state index >= 15 is 0 Å². The highest BCUT2D eigenvalue weighted by atomic mass is 32.2. The Bertz CT molecular complexity index is 706. The molecular weight excluding hydrogens is 295 g/mol. The van der Waals surface area contributed by atoms with Crippen molar-refractivity contribution in [2.75, 3.05) is 11.6 Å². The molecule has 0 saturated heterocycles. The first-order chi connectivity index (χ1) is 10.0. The molecule has 108 valence electrons. The number of hydrogen-bond acceptors (Lipinski definition) is 4. The first-order valence-electron chi connectivity index (χ1n) is 5.86. The number of amides is 1. The van der Waals surface area contributed by atoms with Crippen LogP contribution < -0.4 is 5.32 Å². The topological polar surface area (TPSA) is 79.3 Å². The number of nitrogens with zero attached hydrogens (tertiary/aromatic N) is 1. The zero-order valence-corrected chi connectivity index (χ0v) is 11.8. The van der Waals surface area contributed by atoms with Crippen LogP contribution in [0.4, 0.5) is 10.1 Å². The minimum Gasteiger partial charge on any atom is -0.478 e. The number of hydrogen-bond donors (Lipinski definition) is 2. The third-order valence-corrected chi connectivity index (χ3v) is 3.38. The van der Waals surface area contributed by atoms with Gasteiger partial charge in [-0.25, -0.2) is 14.2 Å². The van der Waals surface area contributed by atoms with Gasteiger partial charge in [-0.1, -0.05) is 0 Å². The Hall–Kier alpha value is -2.41. The molecule has 0 aliphatic heterocycles. The highest BCUT2D eigenvalue weighted by Crippen LogP contribution is 2.20. The smallest absolute Gasteiger partial charge is 0.338 e. The van der Waals surface area contributed by atoms with Crippen molar-refractivity contribution in [2.45, 2.75) is 5.03 Å². The van der Waals surface area contributed by atoms with Crippen LogP contribution in [0.3, 0.4) is 0 Å². The first-order valence-corrected chi connectivity index (χ1v) is 7.08. The van der Waals surface area contributed by atoms with E-state index < -0.39 is 23.3 Å². The zero-order valence-electron chi connectivity index (χ0n) is 11.0. The lowest BCUT2D eigenvalue weighted by Crippen LogP contribution is -2.14. The van der Waals surface area contributed by atoms with E-state index in [1.54, 1.807) is 24.6 Å². The maximum Gasteiger partial charge on any atom is 0.338 e. The highest BCUT2D eigenvalue weighted by molar-refractivity contribution is 7.98. The molecule has 1 aromatic heterocycles. The van der Waals surface area contributed by atoms with E-state index in [-0.39, 0.29) is 5.69 Å². The van der Waals surface area contributed by atoms with Gasteiger partial charge in [0.25, 0.3) is 5.91 Å². The molecule has 0 radical (unpaired) electrons. The van der Waals surface area contributed by atoms with Crippen molar-refractivity contribution >= 4 is 29.3 Å². The summed E-state index contributed by atoms with van der Waals surface area (Å²) < 4.78 is 13.6. The van der Waals surface area contributed by atoms with E-state index in [4.69, 9.17) is 5.11 Å². The first kappa shape index (κ1) is 15.0. The molecule has 0 aliphatic carbocycles. The Morgan fingerprint density at radius 1 is 1.29 bits per heavy atom. The molecule has 0 fully saturated rings. The largest absolute Gasteiger partial charge is 0.478 e. The number of halogens is 1. The number of pyridine rings is 1. The van der Waals surface area contributed by atoms with Crippen molar-refractivity contribution in [1.29, 1.82) is 0 Å². The summed E-state index contributed by atoms with van der Waals surface area (Å²) in [6.45, 7) is 0. The van der Waals surface area contributed by atoms with Gasteiger partial charge >= 0.3 is 5.97 Å². The number of aromatic carboxylic acids is 1. The van der Waals surface area contributed by atoms with Gasteiger partial charge in [0.2, 0.25) is 0 Å². The number of anilines is 1. The molecule has 1 aromatic carbocycles. The highest BCUT2D eigenvalue weighted by Gasteiger charge is 2.14.